The molecule has 1 aromatic rings. The zero-order valence-electron chi connectivity index (χ0n) is 11.7. The molecule has 7 nitrogen and oxygen atoms in total. The van der Waals surface area contributed by atoms with Gasteiger partial charge in [0.25, 0.3) is 5.69 Å². The van der Waals surface area contributed by atoms with E-state index in [9.17, 15) is 10.1 Å². The normalized spacial score (nSPS) is 16.1. The molecular formula is C13H19N3O4. The fourth-order valence-corrected chi connectivity index (χ4v) is 2.40. The number of anilines is 1. The lowest BCUT2D eigenvalue weighted by Gasteiger charge is -2.31. The van der Waals surface area contributed by atoms with Gasteiger partial charge in [-0.2, -0.15) is 0 Å². The van der Waals surface area contributed by atoms with Gasteiger partial charge in [0.2, 0.25) is 0 Å². The number of nitrogens with zero attached hydrogens (tertiary/aromatic N) is 2. The van der Waals surface area contributed by atoms with E-state index in [0.717, 1.165) is 12.8 Å². The highest BCUT2D eigenvalue weighted by Crippen LogP contribution is 2.40. The fourth-order valence-electron chi connectivity index (χ4n) is 2.40. The average Bonchev–Trinajstić information content (AvgIpc) is 2.46. The Morgan fingerprint density at radius 1 is 1.25 bits per heavy atom. The predicted octanol–water partition coefficient (Wildman–Crippen LogP) is 1.54. The number of nitrogens with two attached hydrogens (primary N) is 1. The van der Waals surface area contributed by atoms with Crippen molar-refractivity contribution in [2.75, 3.05) is 32.2 Å². The molecule has 2 rings (SSSR count). The van der Waals surface area contributed by atoms with Crippen LogP contribution in [0.4, 0.5) is 11.4 Å². The van der Waals surface area contributed by atoms with Crippen molar-refractivity contribution >= 4 is 11.4 Å². The van der Waals surface area contributed by atoms with Crippen molar-refractivity contribution < 1.29 is 14.4 Å². The summed E-state index contributed by atoms with van der Waals surface area (Å²) in [4.78, 5) is 12.8. The van der Waals surface area contributed by atoms with Gasteiger partial charge in [-0.05, 0) is 12.8 Å². The fraction of sp³-hybridized carbons (Fsp3) is 0.538. The summed E-state index contributed by atoms with van der Waals surface area (Å²) < 4.78 is 10.3. The number of nitro groups is 1. The van der Waals surface area contributed by atoms with E-state index in [1.807, 2.05) is 4.90 Å². The third-order valence-electron chi connectivity index (χ3n) is 3.56. The number of methoxy groups -OCH3 is 2. The molecule has 0 aromatic heterocycles. The number of nitro benzene ring substituents is 1. The number of rotatable bonds is 4. The topological polar surface area (TPSA) is 90.9 Å². The van der Waals surface area contributed by atoms with Crippen LogP contribution in [0.5, 0.6) is 11.5 Å². The first-order chi connectivity index (χ1) is 9.56. The van der Waals surface area contributed by atoms with Gasteiger partial charge in [0, 0.05) is 25.2 Å². The second-order valence-corrected chi connectivity index (χ2v) is 4.78. The highest BCUT2D eigenvalue weighted by molar-refractivity contribution is 5.70. The molecule has 0 atom stereocenters. The van der Waals surface area contributed by atoms with E-state index < -0.39 is 4.92 Å². The molecule has 0 radical (unpaired) electrons. The van der Waals surface area contributed by atoms with Crippen molar-refractivity contribution in [3.8, 4) is 11.5 Å². The molecule has 0 saturated carbocycles. The van der Waals surface area contributed by atoms with Crippen LogP contribution in [-0.4, -0.2) is 38.3 Å². The van der Waals surface area contributed by atoms with Crippen LogP contribution in [0.15, 0.2) is 12.1 Å². The predicted molar refractivity (Wildman–Crippen MR) is 75.6 cm³/mol. The second kappa shape index (κ2) is 5.96. The van der Waals surface area contributed by atoms with Gasteiger partial charge in [0.15, 0.2) is 11.5 Å². The average molecular weight is 281 g/mol. The number of piperidine rings is 1. The number of ether oxygens (including phenoxy) is 2. The smallest absolute Gasteiger partial charge is 0.296 e. The van der Waals surface area contributed by atoms with Gasteiger partial charge in [-0.1, -0.05) is 0 Å². The molecule has 1 aliphatic rings. The van der Waals surface area contributed by atoms with Gasteiger partial charge in [-0.25, -0.2) is 0 Å². The Kier molecular flexibility index (Phi) is 4.29. The maximum atomic E-state index is 11.3. The lowest BCUT2D eigenvalue weighted by molar-refractivity contribution is -0.384. The van der Waals surface area contributed by atoms with E-state index in [0.29, 0.717) is 30.3 Å². The van der Waals surface area contributed by atoms with Crippen molar-refractivity contribution in [1.29, 1.82) is 0 Å². The molecule has 1 fully saturated rings. The minimum atomic E-state index is -0.397. The quantitative estimate of drug-likeness (QED) is 0.665. The van der Waals surface area contributed by atoms with E-state index in [1.165, 1.54) is 20.3 Å². The molecule has 110 valence electrons. The summed E-state index contributed by atoms with van der Waals surface area (Å²) >= 11 is 0. The number of hydrogen-bond acceptors (Lipinski definition) is 6. The zero-order chi connectivity index (χ0) is 14.7. The van der Waals surface area contributed by atoms with Crippen molar-refractivity contribution in [3.05, 3.63) is 22.2 Å². The Morgan fingerprint density at radius 2 is 1.80 bits per heavy atom. The molecule has 0 spiro atoms. The van der Waals surface area contributed by atoms with Crippen LogP contribution in [0.1, 0.15) is 12.8 Å². The molecular weight excluding hydrogens is 262 g/mol. The van der Waals surface area contributed by atoms with Crippen LogP contribution in [0, 0.1) is 10.1 Å². The van der Waals surface area contributed by atoms with Crippen molar-refractivity contribution in [3.63, 3.8) is 0 Å². The van der Waals surface area contributed by atoms with Crippen molar-refractivity contribution in [1.82, 2.24) is 0 Å². The molecule has 0 aliphatic carbocycles. The molecule has 0 amide bonds. The Hall–Kier alpha value is -2.02. The second-order valence-electron chi connectivity index (χ2n) is 4.78. The SMILES string of the molecule is COc1cc(N2CCC(N)CC2)c([N+](=O)[O-])cc1OC. The van der Waals surface area contributed by atoms with Crippen molar-refractivity contribution in [2.45, 2.75) is 18.9 Å². The Balaban J connectivity index is 2.41. The largest absolute Gasteiger partial charge is 0.493 e. The molecule has 1 aromatic carbocycles. The summed E-state index contributed by atoms with van der Waals surface area (Å²) in [5.74, 6) is 0.847. The maximum absolute atomic E-state index is 11.3. The van der Waals surface area contributed by atoms with E-state index in [4.69, 9.17) is 15.2 Å². The van der Waals surface area contributed by atoms with Gasteiger partial charge >= 0.3 is 0 Å². The zero-order valence-corrected chi connectivity index (χ0v) is 11.7. The van der Waals surface area contributed by atoms with E-state index in [1.54, 1.807) is 6.07 Å². The highest BCUT2D eigenvalue weighted by atomic mass is 16.6. The maximum Gasteiger partial charge on any atom is 0.296 e. The molecule has 20 heavy (non-hydrogen) atoms. The Labute approximate surface area is 117 Å². The summed E-state index contributed by atoms with van der Waals surface area (Å²) in [5.41, 5.74) is 6.45. The van der Waals surface area contributed by atoms with Gasteiger partial charge in [0.1, 0.15) is 5.69 Å². The summed E-state index contributed by atoms with van der Waals surface area (Å²) in [7, 11) is 2.97. The monoisotopic (exact) mass is 281 g/mol. The number of benzene rings is 1. The van der Waals surface area contributed by atoms with Crippen LogP contribution in [0.2, 0.25) is 0 Å². The highest BCUT2D eigenvalue weighted by Gasteiger charge is 2.26. The minimum absolute atomic E-state index is 0.0260. The Morgan fingerprint density at radius 3 is 2.30 bits per heavy atom. The van der Waals surface area contributed by atoms with Crippen LogP contribution < -0.4 is 20.1 Å². The third-order valence-corrected chi connectivity index (χ3v) is 3.56. The summed E-state index contributed by atoms with van der Waals surface area (Å²) in [6.07, 6.45) is 1.65. The molecule has 2 N–H and O–H groups in total. The molecule has 1 aliphatic heterocycles. The molecule has 7 heteroatoms. The van der Waals surface area contributed by atoms with Crippen LogP contribution in [-0.2, 0) is 0 Å². The molecule has 0 unspecified atom stereocenters. The first-order valence-corrected chi connectivity index (χ1v) is 6.47. The Bertz CT molecular complexity index is 499. The first-order valence-electron chi connectivity index (χ1n) is 6.47. The van der Waals surface area contributed by atoms with Crippen LogP contribution >= 0.6 is 0 Å². The standard InChI is InChI=1S/C13H19N3O4/c1-19-12-7-10(15-5-3-9(14)4-6-15)11(16(17)18)8-13(12)20-2/h7-9H,3-6,14H2,1-2H3. The first kappa shape index (κ1) is 14.4. The lowest BCUT2D eigenvalue weighted by Crippen LogP contribution is -2.39. The van der Waals surface area contributed by atoms with E-state index >= 15 is 0 Å². The van der Waals surface area contributed by atoms with E-state index in [2.05, 4.69) is 0 Å². The summed E-state index contributed by atoms with van der Waals surface area (Å²) in [6, 6.07) is 3.24. The lowest BCUT2D eigenvalue weighted by atomic mass is 10.0. The molecule has 0 bridgehead atoms. The van der Waals surface area contributed by atoms with Gasteiger partial charge < -0.3 is 20.1 Å². The van der Waals surface area contributed by atoms with Crippen LogP contribution in [0.25, 0.3) is 0 Å². The van der Waals surface area contributed by atoms with Crippen LogP contribution in [0.3, 0.4) is 0 Å². The molecule has 1 saturated heterocycles. The minimum Gasteiger partial charge on any atom is -0.493 e. The van der Waals surface area contributed by atoms with Gasteiger partial charge in [-0.15, -0.1) is 0 Å². The van der Waals surface area contributed by atoms with Gasteiger partial charge in [0.05, 0.1) is 25.2 Å². The summed E-state index contributed by atoms with van der Waals surface area (Å²) in [5, 5.41) is 11.3. The third kappa shape index (κ3) is 2.77. The summed E-state index contributed by atoms with van der Waals surface area (Å²) in [6.45, 7) is 1.41. The molecule has 1 heterocycles. The number of hydrogen-bond donors (Lipinski definition) is 1. The van der Waals surface area contributed by atoms with E-state index in [-0.39, 0.29) is 11.7 Å². The van der Waals surface area contributed by atoms with Crippen molar-refractivity contribution in [2.24, 2.45) is 5.73 Å². The van der Waals surface area contributed by atoms with Gasteiger partial charge in [-0.3, -0.25) is 10.1 Å².